The van der Waals surface area contributed by atoms with Gasteiger partial charge in [0.25, 0.3) is 0 Å². The number of urea groups is 1. The van der Waals surface area contributed by atoms with Crippen LogP contribution < -0.4 is 15.4 Å². The van der Waals surface area contributed by atoms with Crippen molar-refractivity contribution in [2.75, 3.05) is 17.2 Å². The SMILES string of the molecule is O=C(Nc1ccccc1)Nc1ccc2c(c1)CCO2. The van der Waals surface area contributed by atoms with Crippen molar-refractivity contribution in [2.45, 2.75) is 6.42 Å². The highest BCUT2D eigenvalue weighted by Crippen LogP contribution is 2.27. The van der Waals surface area contributed by atoms with Crippen molar-refractivity contribution in [2.24, 2.45) is 0 Å². The van der Waals surface area contributed by atoms with Crippen LogP contribution in [0.2, 0.25) is 0 Å². The summed E-state index contributed by atoms with van der Waals surface area (Å²) in [7, 11) is 0. The zero-order valence-corrected chi connectivity index (χ0v) is 10.3. The van der Waals surface area contributed by atoms with Crippen molar-refractivity contribution in [3.05, 3.63) is 54.1 Å². The minimum Gasteiger partial charge on any atom is -0.493 e. The van der Waals surface area contributed by atoms with Gasteiger partial charge in [0.15, 0.2) is 0 Å². The molecule has 3 rings (SSSR count). The number of ether oxygens (including phenoxy) is 1. The molecular formula is C15H14N2O2. The first-order chi connectivity index (χ1) is 9.31. The third kappa shape index (κ3) is 2.68. The molecule has 1 heterocycles. The summed E-state index contributed by atoms with van der Waals surface area (Å²) in [5.41, 5.74) is 2.68. The largest absolute Gasteiger partial charge is 0.493 e. The quantitative estimate of drug-likeness (QED) is 0.864. The first-order valence-electron chi connectivity index (χ1n) is 6.20. The van der Waals surface area contributed by atoms with Gasteiger partial charge in [0.1, 0.15) is 5.75 Å². The summed E-state index contributed by atoms with van der Waals surface area (Å²) in [6.45, 7) is 0.717. The molecule has 0 spiro atoms. The zero-order chi connectivity index (χ0) is 13.1. The van der Waals surface area contributed by atoms with E-state index in [9.17, 15) is 4.79 Å². The Kier molecular flexibility index (Phi) is 3.06. The molecule has 4 heteroatoms. The molecule has 19 heavy (non-hydrogen) atoms. The van der Waals surface area contributed by atoms with Crippen LogP contribution in [-0.2, 0) is 6.42 Å². The lowest BCUT2D eigenvalue weighted by Crippen LogP contribution is -2.19. The van der Waals surface area contributed by atoms with E-state index >= 15 is 0 Å². The topological polar surface area (TPSA) is 50.4 Å². The van der Waals surface area contributed by atoms with Gasteiger partial charge in [-0.1, -0.05) is 18.2 Å². The molecule has 0 radical (unpaired) electrons. The number of benzene rings is 2. The van der Waals surface area contributed by atoms with Crippen molar-refractivity contribution in [3.63, 3.8) is 0 Å². The van der Waals surface area contributed by atoms with Gasteiger partial charge in [0.05, 0.1) is 6.61 Å². The van der Waals surface area contributed by atoms with Crippen LogP contribution >= 0.6 is 0 Å². The molecule has 0 atom stereocenters. The summed E-state index contributed by atoms with van der Waals surface area (Å²) in [6, 6.07) is 14.8. The van der Waals surface area contributed by atoms with Gasteiger partial charge in [0.2, 0.25) is 0 Å². The minimum absolute atomic E-state index is 0.245. The highest BCUT2D eigenvalue weighted by Gasteiger charge is 2.12. The van der Waals surface area contributed by atoms with Crippen LogP contribution in [0.15, 0.2) is 48.5 Å². The lowest BCUT2D eigenvalue weighted by molar-refractivity contribution is 0.262. The van der Waals surface area contributed by atoms with E-state index in [0.717, 1.165) is 35.7 Å². The average molecular weight is 254 g/mol. The normalized spacial score (nSPS) is 12.4. The minimum atomic E-state index is -0.245. The van der Waals surface area contributed by atoms with E-state index < -0.39 is 0 Å². The molecule has 0 saturated carbocycles. The average Bonchev–Trinajstić information content (AvgIpc) is 2.87. The standard InChI is InChI=1S/C15H14N2O2/c18-15(16-12-4-2-1-3-5-12)17-13-6-7-14-11(10-13)8-9-19-14/h1-7,10H,8-9H2,(H2,16,17,18). The number of fused-ring (bicyclic) bond motifs is 1. The zero-order valence-electron chi connectivity index (χ0n) is 10.3. The Morgan fingerprint density at radius 2 is 1.79 bits per heavy atom. The second kappa shape index (κ2) is 5.02. The molecule has 0 fully saturated rings. The summed E-state index contributed by atoms with van der Waals surface area (Å²) >= 11 is 0. The Morgan fingerprint density at radius 1 is 1.00 bits per heavy atom. The Hall–Kier alpha value is -2.49. The fourth-order valence-electron chi connectivity index (χ4n) is 2.08. The van der Waals surface area contributed by atoms with Crippen molar-refractivity contribution < 1.29 is 9.53 Å². The molecule has 0 aliphatic carbocycles. The molecule has 0 unspecified atom stereocenters. The molecular weight excluding hydrogens is 240 g/mol. The van der Waals surface area contributed by atoms with Crippen LogP contribution in [0.1, 0.15) is 5.56 Å². The monoisotopic (exact) mass is 254 g/mol. The van der Waals surface area contributed by atoms with Gasteiger partial charge in [-0.3, -0.25) is 0 Å². The summed E-state index contributed by atoms with van der Waals surface area (Å²) in [4.78, 5) is 11.8. The number of anilines is 2. The number of rotatable bonds is 2. The van der Waals surface area contributed by atoms with Crippen molar-refractivity contribution in [3.8, 4) is 5.75 Å². The van der Waals surface area contributed by atoms with E-state index in [1.54, 1.807) is 0 Å². The number of hydrogen-bond donors (Lipinski definition) is 2. The van der Waals surface area contributed by atoms with E-state index in [2.05, 4.69) is 10.6 Å². The maximum Gasteiger partial charge on any atom is 0.323 e. The maximum atomic E-state index is 11.8. The van der Waals surface area contributed by atoms with E-state index in [-0.39, 0.29) is 6.03 Å². The molecule has 2 N–H and O–H groups in total. The van der Waals surface area contributed by atoms with E-state index in [0.29, 0.717) is 0 Å². The van der Waals surface area contributed by atoms with Crippen LogP contribution in [0.25, 0.3) is 0 Å². The maximum absolute atomic E-state index is 11.8. The highest BCUT2D eigenvalue weighted by molar-refractivity contribution is 5.99. The molecule has 96 valence electrons. The second-order valence-electron chi connectivity index (χ2n) is 4.37. The van der Waals surface area contributed by atoms with Crippen molar-refractivity contribution in [1.29, 1.82) is 0 Å². The number of hydrogen-bond acceptors (Lipinski definition) is 2. The lowest BCUT2D eigenvalue weighted by atomic mass is 10.1. The van der Waals surface area contributed by atoms with Crippen LogP contribution in [0.3, 0.4) is 0 Å². The molecule has 2 amide bonds. The van der Waals surface area contributed by atoms with Gasteiger partial charge in [-0.15, -0.1) is 0 Å². The Balaban J connectivity index is 1.66. The van der Waals surface area contributed by atoms with Gasteiger partial charge >= 0.3 is 6.03 Å². The second-order valence-corrected chi connectivity index (χ2v) is 4.37. The fraction of sp³-hybridized carbons (Fsp3) is 0.133. The first kappa shape index (κ1) is 11.6. The van der Waals surface area contributed by atoms with E-state index in [1.165, 1.54) is 0 Å². The van der Waals surface area contributed by atoms with Crippen molar-refractivity contribution >= 4 is 17.4 Å². The number of amides is 2. The smallest absolute Gasteiger partial charge is 0.323 e. The number of nitrogens with one attached hydrogen (secondary N) is 2. The van der Waals surface area contributed by atoms with E-state index in [1.807, 2.05) is 48.5 Å². The molecule has 0 aromatic heterocycles. The number of carbonyl (C=O) groups is 1. The number of carbonyl (C=O) groups excluding carboxylic acids is 1. The van der Waals surface area contributed by atoms with Gasteiger partial charge in [-0.25, -0.2) is 4.79 Å². The van der Waals surface area contributed by atoms with Crippen LogP contribution in [0, 0.1) is 0 Å². The van der Waals surface area contributed by atoms with Gasteiger partial charge in [-0.05, 0) is 35.9 Å². The molecule has 1 aliphatic rings. The van der Waals surface area contributed by atoms with Crippen molar-refractivity contribution in [1.82, 2.24) is 0 Å². The molecule has 4 nitrogen and oxygen atoms in total. The highest BCUT2D eigenvalue weighted by atomic mass is 16.5. The summed E-state index contributed by atoms with van der Waals surface area (Å²) in [6.07, 6.45) is 0.894. The molecule has 2 aromatic carbocycles. The summed E-state index contributed by atoms with van der Waals surface area (Å²) in [5.74, 6) is 0.911. The van der Waals surface area contributed by atoms with Crippen LogP contribution in [0.5, 0.6) is 5.75 Å². The lowest BCUT2D eigenvalue weighted by Gasteiger charge is -2.08. The predicted molar refractivity (Wildman–Crippen MR) is 74.7 cm³/mol. The molecule has 2 aromatic rings. The summed E-state index contributed by atoms with van der Waals surface area (Å²) in [5, 5.41) is 5.59. The molecule has 1 aliphatic heterocycles. The van der Waals surface area contributed by atoms with E-state index in [4.69, 9.17) is 4.74 Å². The Morgan fingerprint density at radius 3 is 2.63 bits per heavy atom. The number of para-hydroxylation sites is 1. The fourth-order valence-corrected chi connectivity index (χ4v) is 2.08. The molecule has 0 saturated heterocycles. The van der Waals surface area contributed by atoms with Gasteiger partial charge < -0.3 is 15.4 Å². The predicted octanol–water partition coefficient (Wildman–Crippen LogP) is 3.27. The Labute approximate surface area is 111 Å². The third-order valence-electron chi connectivity index (χ3n) is 2.98. The summed E-state index contributed by atoms with van der Waals surface area (Å²) < 4.78 is 5.43. The van der Waals surface area contributed by atoms with Gasteiger partial charge in [-0.2, -0.15) is 0 Å². The third-order valence-corrected chi connectivity index (χ3v) is 2.98. The Bertz CT molecular complexity index is 596. The molecule has 0 bridgehead atoms. The first-order valence-corrected chi connectivity index (χ1v) is 6.20. The van der Waals surface area contributed by atoms with Crippen LogP contribution in [0.4, 0.5) is 16.2 Å². The van der Waals surface area contributed by atoms with Crippen LogP contribution in [-0.4, -0.2) is 12.6 Å². The van der Waals surface area contributed by atoms with Gasteiger partial charge in [0, 0.05) is 17.8 Å².